The van der Waals surface area contributed by atoms with Gasteiger partial charge in [-0.2, -0.15) is 0 Å². The maximum Gasteiger partial charge on any atom is 0.161 e. The number of benzene rings is 2. The van der Waals surface area contributed by atoms with E-state index < -0.39 is 6.10 Å². The first-order valence-corrected chi connectivity index (χ1v) is 10.4. The van der Waals surface area contributed by atoms with Gasteiger partial charge in [-0.15, -0.1) is 0 Å². The summed E-state index contributed by atoms with van der Waals surface area (Å²) in [6, 6.07) is 11.2. The monoisotopic (exact) mass is 411 g/mol. The second kappa shape index (κ2) is 10.2. The Bertz CT molecular complexity index is 989. The molecule has 1 heterocycles. The van der Waals surface area contributed by atoms with E-state index in [1.54, 1.807) is 12.3 Å². The minimum absolute atomic E-state index is 0.504. The third-order valence-corrected chi connectivity index (χ3v) is 4.60. The minimum Gasteiger partial charge on any atom is -0.490 e. The van der Waals surface area contributed by atoms with Gasteiger partial charge in [-0.25, -0.2) is 0 Å². The van der Waals surface area contributed by atoms with E-state index in [9.17, 15) is 5.11 Å². The Morgan fingerprint density at radius 2 is 1.30 bits per heavy atom. The lowest BCUT2D eigenvalue weighted by molar-refractivity contribution is 0.215. The van der Waals surface area contributed by atoms with Crippen LogP contribution in [0.2, 0.25) is 0 Å². The molecule has 0 bridgehead atoms. The molecule has 160 valence electrons. The van der Waals surface area contributed by atoms with Gasteiger partial charge in [-0.1, -0.05) is 6.07 Å². The van der Waals surface area contributed by atoms with Crippen molar-refractivity contribution in [1.82, 2.24) is 4.98 Å². The molecule has 1 aromatic heterocycles. The fourth-order valence-electron chi connectivity index (χ4n) is 3.35. The average Bonchev–Trinajstić information content (AvgIpc) is 2.75. The molecule has 0 saturated heterocycles. The molecule has 0 aliphatic heterocycles. The number of aliphatic hydroxyl groups is 1. The first-order valence-electron chi connectivity index (χ1n) is 10.4. The van der Waals surface area contributed by atoms with Crippen LogP contribution in [0.3, 0.4) is 0 Å². The van der Waals surface area contributed by atoms with Gasteiger partial charge < -0.3 is 24.1 Å². The highest BCUT2D eigenvalue weighted by atomic mass is 16.5. The van der Waals surface area contributed by atoms with Crippen LogP contribution >= 0.6 is 0 Å². The Hall–Kier alpha value is -2.99. The Morgan fingerprint density at radius 1 is 0.733 bits per heavy atom. The molecule has 0 fully saturated rings. The van der Waals surface area contributed by atoms with Gasteiger partial charge in [0.25, 0.3) is 0 Å². The predicted octanol–water partition coefficient (Wildman–Crippen LogP) is 4.91. The quantitative estimate of drug-likeness (QED) is 0.511. The van der Waals surface area contributed by atoms with Crippen LogP contribution in [0.1, 0.15) is 45.1 Å². The number of pyridine rings is 1. The second-order valence-electron chi connectivity index (χ2n) is 6.56. The summed E-state index contributed by atoms with van der Waals surface area (Å²) in [5.41, 5.74) is 1.22. The molecular weight excluding hydrogens is 382 g/mol. The molecular formula is C24H29NO5. The van der Waals surface area contributed by atoms with Gasteiger partial charge in [0.05, 0.1) is 32.1 Å². The van der Waals surface area contributed by atoms with Crippen molar-refractivity contribution in [3.63, 3.8) is 0 Å². The molecule has 0 saturated carbocycles. The van der Waals surface area contributed by atoms with E-state index >= 15 is 0 Å². The van der Waals surface area contributed by atoms with Crippen LogP contribution in [0.5, 0.6) is 23.0 Å². The lowest BCUT2D eigenvalue weighted by Crippen LogP contribution is -2.06. The van der Waals surface area contributed by atoms with Gasteiger partial charge in [-0.3, -0.25) is 4.98 Å². The normalized spacial score (nSPS) is 11.9. The Morgan fingerprint density at radius 3 is 1.93 bits per heavy atom. The number of aliphatic hydroxyl groups excluding tert-OH is 1. The van der Waals surface area contributed by atoms with Crippen molar-refractivity contribution >= 4 is 10.8 Å². The fourth-order valence-corrected chi connectivity index (χ4v) is 3.35. The van der Waals surface area contributed by atoms with Crippen LogP contribution in [-0.2, 0) is 0 Å². The Balaban J connectivity index is 2.07. The molecule has 0 amide bonds. The zero-order valence-corrected chi connectivity index (χ0v) is 18.0. The summed E-state index contributed by atoms with van der Waals surface area (Å²) in [6.07, 6.45) is 0.755. The van der Waals surface area contributed by atoms with Crippen molar-refractivity contribution in [2.45, 2.75) is 33.8 Å². The van der Waals surface area contributed by atoms with E-state index in [1.165, 1.54) is 0 Å². The van der Waals surface area contributed by atoms with Gasteiger partial charge in [0.1, 0.15) is 6.10 Å². The van der Waals surface area contributed by atoms with Gasteiger partial charge in [0, 0.05) is 11.6 Å². The van der Waals surface area contributed by atoms with Gasteiger partial charge >= 0.3 is 0 Å². The van der Waals surface area contributed by atoms with E-state index in [4.69, 9.17) is 18.9 Å². The van der Waals surface area contributed by atoms with Crippen LogP contribution in [-0.4, -0.2) is 36.5 Å². The topological polar surface area (TPSA) is 70.0 Å². The SMILES string of the molecule is CCOc1ccc(C(O)c2nccc3cc(OCC)c(OCC)cc23)cc1OCC. The third-order valence-electron chi connectivity index (χ3n) is 4.60. The maximum atomic E-state index is 11.2. The van der Waals surface area contributed by atoms with Crippen molar-refractivity contribution in [2.75, 3.05) is 26.4 Å². The summed E-state index contributed by atoms with van der Waals surface area (Å²) in [5.74, 6) is 2.57. The molecule has 1 N–H and O–H groups in total. The Kier molecular flexibility index (Phi) is 7.36. The Labute approximate surface area is 177 Å². The number of fused-ring (bicyclic) bond motifs is 1. The second-order valence-corrected chi connectivity index (χ2v) is 6.56. The summed E-state index contributed by atoms with van der Waals surface area (Å²) in [7, 11) is 0. The largest absolute Gasteiger partial charge is 0.490 e. The lowest BCUT2D eigenvalue weighted by atomic mass is 10.00. The van der Waals surface area contributed by atoms with E-state index in [2.05, 4.69) is 4.98 Å². The van der Waals surface area contributed by atoms with E-state index in [1.807, 2.05) is 58.0 Å². The van der Waals surface area contributed by atoms with E-state index in [-0.39, 0.29) is 0 Å². The molecule has 0 spiro atoms. The van der Waals surface area contributed by atoms with Gasteiger partial charge in [0.15, 0.2) is 23.0 Å². The predicted molar refractivity (Wildman–Crippen MR) is 117 cm³/mol. The molecule has 3 rings (SSSR count). The summed E-state index contributed by atoms with van der Waals surface area (Å²) < 4.78 is 22.8. The number of hydrogen-bond donors (Lipinski definition) is 1. The first-order chi connectivity index (χ1) is 14.6. The molecule has 2 aromatic carbocycles. The summed E-state index contributed by atoms with van der Waals surface area (Å²) >= 11 is 0. The molecule has 0 aliphatic carbocycles. The van der Waals surface area contributed by atoms with Crippen molar-refractivity contribution in [3.05, 3.63) is 53.9 Å². The van der Waals surface area contributed by atoms with Crippen LogP contribution in [0.25, 0.3) is 10.8 Å². The van der Waals surface area contributed by atoms with Gasteiger partial charge in [0.2, 0.25) is 0 Å². The zero-order chi connectivity index (χ0) is 21.5. The van der Waals surface area contributed by atoms with E-state index in [0.717, 1.165) is 10.8 Å². The average molecular weight is 411 g/mol. The summed E-state index contributed by atoms with van der Waals surface area (Å²) in [6.45, 7) is 9.79. The molecule has 6 heteroatoms. The van der Waals surface area contributed by atoms with Crippen molar-refractivity contribution in [2.24, 2.45) is 0 Å². The molecule has 6 nitrogen and oxygen atoms in total. The van der Waals surface area contributed by atoms with Crippen molar-refractivity contribution in [1.29, 1.82) is 0 Å². The lowest BCUT2D eigenvalue weighted by Gasteiger charge is -2.18. The maximum absolute atomic E-state index is 11.2. The van der Waals surface area contributed by atoms with Crippen LogP contribution in [0.4, 0.5) is 0 Å². The number of hydrogen-bond acceptors (Lipinski definition) is 6. The molecule has 30 heavy (non-hydrogen) atoms. The number of rotatable bonds is 10. The molecule has 3 aromatic rings. The third kappa shape index (κ3) is 4.60. The smallest absolute Gasteiger partial charge is 0.161 e. The number of aromatic nitrogens is 1. The van der Waals surface area contributed by atoms with Crippen LogP contribution < -0.4 is 18.9 Å². The first kappa shape index (κ1) is 21.7. The van der Waals surface area contributed by atoms with E-state index in [0.29, 0.717) is 60.7 Å². The highest BCUT2D eigenvalue weighted by Crippen LogP contribution is 2.38. The molecule has 0 aliphatic rings. The number of nitrogens with zero attached hydrogens (tertiary/aromatic N) is 1. The van der Waals surface area contributed by atoms with Crippen LogP contribution in [0, 0.1) is 0 Å². The molecule has 1 atom stereocenters. The standard InChI is InChI=1S/C24H29NO5/c1-5-27-19-10-9-17(14-20(19)28-6-2)24(26)23-18-15-22(30-8-4)21(29-7-3)13-16(18)11-12-25-23/h9-15,24,26H,5-8H2,1-4H3. The highest BCUT2D eigenvalue weighted by molar-refractivity contribution is 5.88. The molecule has 1 unspecified atom stereocenters. The van der Waals surface area contributed by atoms with Gasteiger partial charge in [-0.05, 0) is 69.0 Å². The minimum atomic E-state index is -0.934. The van der Waals surface area contributed by atoms with Crippen LogP contribution in [0.15, 0.2) is 42.6 Å². The zero-order valence-electron chi connectivity index (χ0n) is 18.0. The summed E-state index contributed by atoms with van der Waals surface area (Å²) in [4.78, 5) is 4.48. The summed E-state index contributed by atoms with van der Waals surface area (Å²) in [5, 5.41) is 12.9. The molecule has 0 radical (unpaired) electrons. The van der Waals surface area contributed by atoms with Crippen molar-refractivity contribution in [3.8, 4) is 23.0 Å². The van der Waals surface area contributed by atoms with Crippen molar-refractivity contribution < 1.29 is 24.1 Å². The highest BCUT2D eigenvalue weighted by Gasteiger charge is 2.19. The fraction of sp³-hybridized carbons (Fsp3) is 0.375. The number of ether oxygens (including phenoxy) is 4.